The molecule has 0 aromatic carbocycles. The number of ether oxygens (including phenoxy) is 1. The van der Waals surface area contributed by atoms with Gasteiger partial charge in [0.2, 0.25) is 0 Å². The molecule has 0 amide bonds. The third-order valence-corrected chi connectivity index (χ3v) is 6.12. The van der Waals surface area contributed by atoms with Gasteiger partial charge >= 0.3 is 0 Å². The molecule has 3 fully saturated rings. The van der Waals surface area contributed by atoms with Crippen LogP contribution in [0.5, 0.6) is 0 Å². The number of morpholine rings is 1. The topological polar surface area (TPSA) is 27.7 Å². The maximum Gasteiger partial charge on any atom is 0.0594 e. The summed E-state index contributed by atoms with van der Waals surface area (Å²) in [5, 5.41) is 3.43. The second-order valence-electron chi connectivity index (χ2n) is 8.68. The van der Waals surface area contributed by atoms with E-state index in [4.69, 9.17) is 4.74 Å². The maximum absolute atomic E-state index is 5.49. The number of rotatable bonds is 5. The van der Waals surface area contributed by atoms with Gasteiger partial charge in [-0.3, -0.25) is 9.80 Å². The minimum atomic E-state index is 0.293. The van der Waals surface area contributed by atoms with Crippen molar-refractivity contribution in [3.63, 3.8) is 0 Å². The molecule has 4 heteroatoms. The van der Waals surface area contributed by atoms with Crippen LogP contribution in [0.15, 0.2) is 0 Å². The van der Waals surface area contributed by atoms with E-state index in [0.717, 1.165) is 26.3 Å². The first-order valence-corrected chi connectivity index (χ1v) is 8.62. The zero-order valence-corrected chi connectivity index (χ0v) is 14.4. The first-order chi connectivity index (χ1) is 9.83. The van der Waals surface area contributed by atoms with Crippen molar-refractivity contribution in [1.29, 1.82) is 0 Å². The van der Waals surface area contributed by atoms with Crippen LogP contribution in [0.25, 0.3) is 0 Å². The molecular weight excluding hydrogens is 262 g/mol. The molecule has 0 aromatic heterocycles. The van der Waals surface area contributed by atoms with Gasteiger partial charge in [0, 0.05) is 55.8 Å². The van der Waals surface area contributed by atoms with Crippen molar-refractivity contribution in [3.8, 4) is 0 Å². The minimum Gasteiger partial charge on any atom is -0.379 e. The lowest BCUT2D eigenvalue weighted by Crippen LogP contribution is -2.74. The van der Waals surface area contributed by atoms with E-state index in [1.165, 1.54) is 39.0 Å². The molecule has 3 saturated heterocycles. The molecule has 3 aliphatic heterocycles. The third-order valence-electron chi connectivity index (χ3n) is 6.12. The first kappa shape index (κ1) is 15.7. The molecule has 3 aliphatic rings. The van der Waals surface area contributed by atoms with Gasteiger partial charge in [0.05, 0.1) is 13.2 Å². The monoisotopic (exact) mass is 295 g/mol. The molecule has 0 saturated carbocycles. The van der Waals surface area contributed by atoms with E-state index < -0.39 is 0 Å². The second kappa shape index (κ2) is 5.48. The van der Waals surface area contributed by atoms with Crippen molar-refractivity contribution >= 4 is 0 Å². The fraction of sp³-hybridized carbons (Fsp3) is 1.00. The van der Waals surface area contributed by atoms with E-state index in [1.54, 1.807) is 0 Å². The van der Waals surface area contributed by atoms with Crippen molar-refractivity contribution in [3.05, 3.63) is 0 Å². The van der Waals surface area contributed by atoms with Crippen LogP contribution in [0.1, 0.15) is 40.5 Å². The zero-order valence-electron chi connectivity index (χ0n) is 14.4. The molecule has 3 rings (SSSR count). The molecule has 0 radical (unpaired) electrons. The minimum absolute atomic E-state index is 0.293. The van der Waals surface area contributed by atoms with Crippen molar-refractivity contribution in [2.24, 2.45) is 5.41 Å². The number of likely N-dealkylation sites (tertiary alicyclic amines) is 1. The zero-order chi connectivity index (χ0) is 15.1. The summed E-state index contributed by atoms with van der Waals surface area (Å²) < 4.78 is 5.49. The van der Waals surface area contributed by atoms with E-state index in [-0.39, 0.29) is 0 Å². The van der Waals surface area contributed by atoms with Gasteiger partial charge in [0.1, 0.15) is 0 Å². The van der Waals surface area contributed by atoms with Gasteiger partial charge in [-0.2, -0.15) is 0 Å². The van der Waals surface area contributed by atoms with Crippen molar-refractivity contribution in [2.75, 3.05) is 52.5 Å². The maximum atomic E-state index is 5.49. The van der Waals surface area contributed by atoms with Crippen LogP contribution in [0.3, 0.4) is 0 Å². The quantitative estimate of drug-likeness (QED) is 0.833. The Morgan fingerprint density at radius 1 is 0.905 bits per heavy atom. The Morgan fingerprint density at radius 2 is 1.43 bits per heavy atom. The van der Waals surface area contributed by atoms with Crippen LogP contribution in [0.2, 0.25) is 0 Å². The molecule has 0 unspecified atom stereocenters. The van der Waals surface area contributed by atoms with E-state index in [2.05, 4.69) is 42.8 Å². The molecule has 0 bridgehead atoms. The molecule has 1 spiro atoms. The Balaban J connectivity index is 1.48. The fourth-order valence-electron chi connectivity index (χ4n) is 3.99. The Hall–Kier alpha value is -0.160. The lowest BCUT2D eigenvalue weighted by atomic mass is 9.71. The van der Waals surface area contributed by atoms with E-state index in [1.807, 2.05) is 0 Å². The third kappa shape index (κ3) is 3.14. The number of hydrogen-bond acceptors (Lipinski definition) is 4. The summed E-state index contributed by atoms with van der Waals surface area (Å²) in [6, 6.07) is 0. The SMILES string of the molecule is CC(C)(CCC(C)(C)N1CC2(CNC2)C1)N1CCOCC1. The van der Waals surface area contributed by atoms with Crippen molar-refractivity contribution in [2.45, 2.75) is 51.6 Å². The van der Waals surface area contributed by atoms with E-state index in [9.17, 15) is 0 Å². The number of nitrogens with one attached hydrogen (secondary N) is 1. The summed E-state index contributed by atoms with van der Waals surface area (Å²) in [6.07, 6.45) is 2.54. The van der Waals surface area contributed by atoms with Gasteiger partial charge in [-0.1, -0.05) is 0 Å². The van der Waals surface area contributed by atoms with E-state index >= 15 is 0 Å². The highest BCUT2D eigenvalue weighted by Gasteiger charge is 2.51. The van der Waals surface area contributed by atoms with Crippen LogP contribution >= 0.6 is 0 Å². The Morgan fingerprint density at radius 3 is 1.90 bits per heavy atom. The molecule has 122 valence electrons. The lowest BCUT2D eigenvalue weighted by Gasteiger charge is -2.61. The second-order valence-corrected chi connectivity index (χ2v) is 8.68. The van der Waals surface area contributed by atoms with Crippen LogP contribution < -0.4 is 5.32 Å². The summed E-state index contributed by atoms with van der Waals surface area (Å²) in [6.45, 7) is 18.7. The summed E-state index contributed by atoms with van der Waals surface area (Å²) in [7, 11) is 0. The lowest BCUT2D eigenvalue weighted by molar-refractivity contribution is -0.0997. The summed E-state index contributed by atoms with van der Waals surface area (Å²) in [5.41, 5.74) is 1.27. The van der Waals surface area contributed by atoms with Crippen molar-refractivity contribution < 1.29 is 4.74 Å². The molecule has 21 heavy (non-hydrogen) atoms. The van der Waals surface area contributed by atoms with E-state index in [0.29, 0.717) is 16.5 Å². The average molecular weight is 295 g/mol. The first-order valence-electron chi connectivity index (χ1n) is 8.62. The molecule has 0 atom stereocenters. The summed E-state index contributed by atoms with van der Waals surface area (Å²) >= 11 is 0. The highest BCUT2D eigenvalue weighted by Crippen LogP contribution is 2.40. The largest absolute Gasteiger partial charge is 0.379 e. The molecular formula is C17H33N3O. The Bertz CT molecular complexity index is 362. The highest BCUT2D eigenvalue weighted by atomic mass is 16.5. The summed E-state index contributed by atoms with van der Waals surface area (Å²) in [5.74, 6) is 0. The molecule has 3 heterocycles. The van der Waals surface area contributed by atoms with Gasteiger partial charge in [-0.05, 0) is 40.5 Å². The van der Waals surface area contributed by atoms with Crippen LogP contribution in [-0.4, -0.2) is 73.4 Å². The highest BCUT2D eigenvalue weighted by molar-refractivity contribution is 5.07. The normalized spacial score (nSPS) is 27.4. The Labute approximate surface area is 130 Å². The fourth-order valence-corrected chi connectivity index (χ4v) is 3.99. The predicted molar refractivity (Wildman–Crippen MR) is 86.7 cm³/mol. The summed E-state index contributed by atoms with van der Waals surface area (Å²) in [4.78, 5) is 5.31. The number of hydrogen-bond donors (Lipinski definition) is 1. The predicted octanol–water partition coefficient (Wildman–Crippen LogP) is 1.56. The average Bonchev–Trinajstić information content (AvgIpc) is 2.34. The number of nitrogens with zero attached hydrogens (tertiary/aromatic N) is 2. The Kier molecular flexibility index (Phi) is 4.11. The van der Waals surface area contributed by atoms with Crippen LogP contribution in [0, 0.1) is 5.41 Å². The van der Waals surface area contributed by atoms with Gasteiger partial charge in [0.15, 0.2) is 0 Å². The molecule has 4 nitrogen and oxygen atoms in total. The molecule has 0 aliphatic carbocycles. The molecule has 0 aromatic rings. The van der Waals surface area contributed by atoms with Gasteiger partial charge in [-0.15, -0.1) is 0 Å². The van der Waals surface area contributed by atoms with Gasteiger partial charge in [0.25, 0.3) is 0 Å². The van der Waals surface area contributed by atoms with Gasteiger partial charge in [-0.25, -0.2) is 0 Å². The molecule has 1 N–H and O–H groups in total. The van der Waals surface area contributed by atoms with Crippen LogP contribution in [-0.2, 0) is 4.74 Å². The standard InChI is InChI=1S/C17H33N3O/c1-15(2,19-7-9-21-10-8-19)5-6-16(3,4)20-13-17(14-20)11-18-12-17/h18H,5-14H2,1-4H3. The van der Waals surface area contributed by atoms with Crippen molar-refractivity contribution in [1.82, 2.24) is 15.1 Å². The smallest absolute Gasteiger partial charge is 0.0594 e. The van der Waals surface area contributed by atoms with Gasteiger partial charge < -0.3 is 10.1 Å². The van der Waals surface area contributed by atoms with Crippen LogP contribution in [0.4, 0.5) is 0 Å².